The van der Waals surface area contributed by atoms with Crippen molar-refractivity contribution < 1.29 is 9.53 Å². The summed E-state index contributed by atoms with van der Waals surface area (Å²) in [5.41, 5.74) is 2.46. The number of esters is 1. The molecule has 3 saturated carbocycles. The third-order valence-corrected chi connectivity index (χ3v) is 12.4. The molecule has 0 radical (unpaired) electrons. The van der Waals surface area contributed by atoms with Crippen LogP contribution in [0, 0.1) is 46.3 Å². The highest BCUT2D eigenvalue weighted by atomic mass is 16.5. The summed E-state index contributed by atoms with van der Waals surface area (Å²) in [7, 11) is 0. The zero-order chi connectivity index (χ0) is 26.4. The number of rotatable bonds is 7. The monoisotopic (exact) mass is 511 g/mol. The van der Waals surface area contributed by atoms with E-state index in [4.69, 9.17) is 4.74 Å². The van der Waals surface area contributed by atoms with Gasteiger partial charge in [0.05, 0.1) is 0 Å². The lowest BCUT2D eigenvalue weighted by atomic mass is 9.45. The van der Waals surface area contributed by atoms with Crippen LogP contribution in [0.3, 0.4) is 0 Å². The van der Waals surface area contributed by atoms with E-state index in [0.717, 1.165) is 48.3 Å². The van der Waals surface area contributed by atoms with Gasteiger partial charge in [0.1, 0.15) is 6.10 Å². The van der Waals surface area contributed by atoms with Crippen molar-refractivity contribution in [2.45, 2.75) is 137 Å². The van der Waals surface area contributed by atoms with E-state index >= 15 is 0 Å². The van der Waals surface area contributed by atoms with Gasteiger partial charge in [-0.2, -0.15) is 0 Å². The van der Waals surface area contributed by atoms with E-state index in [2.05, 4.69) is 45.6 Å². The van der Waals surface area contributed by atoms with Gasteiger partial charge < -0.3 is 4.74 Å². The summed E-state index contributed by atoms with van der Waals surface area (Å²) < 4.78 is 5.78. The van der Waals surface area contributed by atoms with Gasteiger partial charge in [0.25, 0.3) is 0 Å². The first-order valence-electron chi connectivity index (χ1n) is 16.3. The number of nitrogens with zero attached hydrogens (tertiary/aromatic N) is 1. The van der Waals surface area contributed by atoms with Crippen LogP contribution in [-0.4, -0.2) is 36.1 Å². The lowest BCUT2D eigenvalue weighted by Crippen LogP contribution is -2.59. The van der Waals surface area contributed by atoms with Gasteiger partial charge in [-0.3, -0.25) is 9.69 Å². The second kappa shape index (κ2) is 11.0. The minimum Gasteiger partial charge on any atom is -0.462 e. The normalized spacial score (nSPS) is 42.9. The molecule has 37 heavy (non-hydrogen) atoms. The van der Waals surface area contributed by atoms with Crippen LogP contribution in [-0.2, 0) is 9.53 Å². The third kappa shape index (κ3) is 5.21. The van der Waals surface area contributed by atoms with E-state index in [1.807, 2.05) is 0 Å². The minimum absolute atomic E-state index is 0.0896. The Hall–Kier alpha value is -0.830. The number of likely N-dealkylation sites (tertiary alicyclic amines) is 1. The van der Waals surface area contributed by atoms with E-state index in [0.29, 0.717) is 16.9 Å². The van der Waals surface area contributed by atoms with Crippen molar-refractivity contribution in [1.29, 1.82) is 0 Å². The maximum atomic E-state index is 11.8. The molecule has 0 aromatic heterocycles. The molecule has 1 aliphatic heterocycles. The predicted molar refractivity (Wildman–Crippen MR) is 153 cm³/mol. The molecular formula is C34H57NO2. The highest BCUT2D eigenvalue weighted by Gasteiger charge is 2.61. The summed E-state index contributed by atoms with van der Waals surface area (Å²) in [6.45, 7) is 16.8. The standard InChI is InChI=1S/C34H57NO2/c1-23(2)11-10-12-24(3)28-13-14-29-32-30(16-18-34(28,29)6)33(5)17-15-27(37-25(4)36)21-26(33)22-31(32)35-19-8-7-9-20-35/h22-24,27-32H,7-21H2,1-6H3/t24-,27+,28-,29+,30+,31-,32+,33+,34-/m1/s1. The number of carbonyl (C=O) groups is 1. The van der Waals surface area contributed by atoms with Gasteiger partial charge >= 0.3 is 5.97 Å². The van der Waals surface area contributed by atoms with Crippen molar-refractivity contribution in [2.24, 2.45) is 46.3 Å². The molecule has 3 heteroatoms. The number of ether oxygens (including phenoxy) is 1. The third-order valence-electron chi connectivity index (χ3n) is 12.4. The molecule has 0 spiro atoms. The zero-order valence-corrected chi connectivity index (χ0v) is 25.1. The van der Waals surface area contributed by atoms with Gasteiger partial charge in [0.2, 0.25) is 0 Å². The summed E-state index contributed by atoms with van der Waals surface area (Å²) in [5.74, 6) is 4.97. The van der Waals surface area contributed by atoms with E-state index in [9.17, 15) is 4.79 Å². The first kappa shape index (κ1) is 27.7. The Labute approximate surface area is 228 Å². The molecule has 0 aromatic rings. The molecule has 1 heterocycles. The Morgan fingerprint density at radius 1 is 1.00 bits per heavy atom. The summed E-state index contributed by atoms with van der Waals surface area (Å²) >= 11 is 0. The van der Waals surface area contributed by atoms with E-state index in [1.165, 1.54) is 83.7 Å². The van der Waals surface area contributed by atoms with Crippen LogP contribution < -0.4 is 0 Å². The second-order valence-corrected chi connectivity index (χ2v) is 15.0. The summed E-state index contributed by atoms with van der Waals surface area (Å²) in [6, 6.07) is 0.601. The number of fused-ring (bicyclic) bond motifs is 5. The molecule has 5 aliphatic rings. The number of hydrogen-bond acceptors (Lipinski definition) is 3. The average molecular weight is 512 g/mol. The molecular weight excluding hydrogens is 454 g/mol. The maximum Gasteiger partial charge on any atom is 0.302 e. The van der Waals surface area contributed by atoms with Crippen molar-refractivity contribution >= 4 is 5.97 Å². The quantitative estimate of drug-likeness (QED) is 0.254. The highest BCUT2D eigenvalue weighted by Crippen LogP contribution is 2.68. The Balaban J connectivity index is 1.43. The highest BCUT2D eigenvalue weighted by molar-refractivity contribution is 5.66. The fraction of sp³-hybridized carbons (Fsp3) is 0.912. The lowest BCUT2D eigenvalue weighted by molar-refractivity contribution is -0.149. The fourth-order valence-corrected chi connectivity index (χ4v) is 10.5. The van der Waals surface area contributed by atoms with E-state index in [1.54, 1.807) is 12.5 Å². The average Bonchev–Trinajstić information content (AvgIpc) is 3.21. The molecule has 0 aromatic carbocycles. The second-order valence-electron chi connectivity index (χ2n) is 15.0. The first-order chi connectivity index (χ1) is 17.6. The molecule has 4 fully saturated rings. The molecule has 210 valence electrons. The van der Waals surface area contributed by atoms with Crippen molar-refractivity contribution in [3.8, 4) is 0 Å². The van der Waals surface area contributed by atoms with Crippen LogP contribution in [0.1, 0.15) is 125 Å². The van der Waals surface area contributed by atoms with Crippen molar-refractivity contribution in [3.63, 3.8) is 0 Å². The van der Waals surface area contributed by atoms with Gasteiger partial charge in [-0.05, 0) is 111 Å². The maximum absolute atomic E-state index is 11.8. The van der Waals surface area contributed by atoms with Gasteiger partial charge in [-0.1, -0.05) is 72.0 Å². The van der Waals surface area contributed by atoms with Gasteiger partial charge in [0.15, 0.2) is 0 Å². The topological polar surface area (TPSA) is 29.5 Å². The van der Waals surface area contributed by atoms with E-state index in [-0.39, 0.29) is 12.1 Å². The zero-order valence-electron chi connectivity index (χ0n) is 25.1. The SMILES string of the molecule is CC(=O)O[C@H]1CC[C@@]2(C)C(=C[C@@H](N3CCCCC3)[C@H]3[C@@H]4CC[C@H]([C@H](C)CCCC(C)C)[C@@]4(C)CC[C@@H]32)C1. The predicted octanol–water partition coefficient (Wildman–Crippen LogP) is 8.42. The van der Waals surface area contributed by atoms with Gasteiger partial charge in [-0.15, -0.1) is 0 Å². The first-order valence-corrected chi connectivity index (χ1v) is 16.3. The van der Waals surface area contributed by atoms with Gasteiger partial charge in [0, 0.05) is 19.4 Å². The summed E-state index contributed by atoms with van der Waals surface area (Å²) in [6.07, 6.45) is 20.2. The van der Waals surface area contributed by atoms with Crippen molar-refractivity contribution in [1.82, 2.24) is 4.90 Å². The molecule has 0 N–H and O–H groups in total. The molecule has 3 nitrogen and oxygen atoms in total. The smallest absolute Gasteiger partial charge is 0.302 e. The largest absolute Gasteiger partial charge is 0.462 e. The lowest BCUT2D eigenvalue weighted by Gasteiger charge is -2.62. The number of hydrogen-bond donors (Lipinski definition) is 0. The van der Waals surface area contributed by atoms with Gasteiger partial charge in [-0.25, -0.2) is 0 Å². The van der Waals surface area contributed by atoms with Crippen LogP contribution in [0.25, 0.3) is 0 Å². The Morgan fingerprint density at radius 3 is 2.46 bits per heavy atom. The summed E-state index contributed by atoms with van der Waals surface area (Å²) in [5, 5.41) is 0. The molecule has 9 atom stereocenters. The van der Waals surface area contributed by atoms with Crippen LogP contribution in [0.4, 0.5) is 0 Å². The van der Waals surface area contributed by atoms with Crippen molar-refractivity contribution in [3.05, 3.63) is 11.6 Å². The Bertz CT molecular complexity index is 843. The molecule has 1 saturated heterocycles. The minimum atomic E-state index is -0.108. The van der Waals surface area contributed by atoms with E-state index < -0.39 is 0 Å². The van der Waals surface area contributed by atoms with Crippen LogP contribution >= 0.6 is 0 Å². The molecule has 5 rings (SSSR count). The van der Waals surface area contributed by atoms with Crippen LogP contribution in [0.5, 0.6) is 0 Å². The molecule has 0 amide bonds. The Kier molecular flexibility index (Phi) is 8.22. The molecule has 0 bridgehead atoms. The molecule has 4 aliphatic carbocycles. The van der Waals surface area contributed by atoms with Crippen LogP contribution in [0.15, 0.2) is 11.6 Å². The molecule has 0 unspecified atom stereocenters. The van der Waals surface area contributed by atoms with Crippen LogP contribution in [0.2, 0.25) is 0 Å². The van der Waals surface area contributed by atoms with Crippen molar-refractivity contribution in [2.75, 3.05) is 13.1 Å². The number of piperidine rings is 1. The fourth-order valence-electron chi connectivity index (χ4n) is 10.5. The summed E-state index contributed by atoms with van der Waals surface area (Å²) in [4.78, 5) is 14.7. The number of carbonyl (C=O) groups excluding carboxylic acids is 1. The Morgan fingerprint density at radius 2 is 1.76 bits per heavy atom.